The maximum Gasteiger partial charge on any atom is 0.222 e. The number of nitrogens with one attached hydrogen (secondary N) is 1. The van der Waals surface area contributed by atoms with Gasteiger partial charge >= 0.3 is 0 Å². The molecule has 1 fully saturated rings. The Labute approximate surface area is 118 Å². The second-order valence-electron chi connectivity index (χ2n) is 5.82. The fraction of sp³-hybridized carbons (Fsp3) is 0.933. The van der Waals surface area contributed by atoms with Gasteiger partial charge in [0.1, 0.15) is 0 Å². The Morgan fingerprint density at radius 2 is 2.05 bits per heavy atom. The van der Waals surface area contributed by atoms with Crippen LogP contribution in [0.4, 0.5) is 0 Å². The van der Waals surface area contributed by atoms with Crippen LogP contribution < -0.4 is 5.32 Å². The first kappa shape index (κ1) is 16.4. The molecule has 0 radical (unpaired) electrons. The number of amides is 1. The van der Waals surface area contributed by atoms with E-state index >= 15 is 0 Å². The Morgan fingerprint density at radius 3 is 2.63 bits per heavy atom. The Hall–Kier alpha value is -0.610. The van der Waals surface area contributed by atoms with Crippen molar-refractivity contribution in [3.05, 3.63) is 0 Å². The Kier molecular flexibility index (Phi) is 8.07. The molecule has 0 aliphatic carbocycles. The van der Waals surface area contributed by atoms with Crippen molar-refractivity contribution in [2.45, 2.75) is 51.5 Å². The van der Waals surface area contributed by atoms with Crippen LogP contribution in [0.3, 0.4) is 0 Å². The molecule has 1 atom stereocenters. The molecule has 112 valence electrons. The molecule has 1 N–H and O–H groups in total. The highest BCUT2D eigenvalue weighted by Crippen LogP contribution is 2.12. The quantitative estimate of drug-likeness (QED) is 0.728. The second kappa shape index (κ2) is 9.32. The molecular weight excluding hydrogens is 238 g/mol. The first-order valence-corrected chi connectivity index (χ1v) is 7.79. The molecule has 1 aliphatic rings. The number of carbonyl (C=O) groups excluding carboxylic acids is 1. The van der Waals surface area contributed by atoms with Crippen molar-refractivity contribution in [2.24, 2.45) is 0 Å². The lowest BCUT2D eigenvalue weighted by atomic mass is 10.0. The van der Waals surface area contributed by atoms with Gasteiger partial charge in [-0.3, -0.25) is 4.79 Å². The van der Waals surface area contributed by atoms with Gasteiger partial charge < -0.3 is 15.1 Å². The normalized spacial score (nSPS) is 19.7. The van der Waals surface area contributed by atoms with Gasteiger partial charge in [0, 0.05) is 25.6 Å². The minimum Gasteiger partial charge on any atom is -0.343 e. The molecule has 19 heavy (non-hydrogen) atoms. The highest BCUT2D eigenvalue weighted by molar-refractivity contribution is 5.76. The standard InChI is InChI=1S/C15H31N3O/c1-4-18(13-7-12-17(2)3)15(19)10-9-14-8-5-6-11-16-14/h14,16H,4-13H2,1-3H3. The fourth-order valence-corrected chi connectivity index (χ4v) is 2.66. The summed E-state index contributed by atoms with van der Waals surface area (Å²) in [4.78, 5) is 16.4. The van der Waals surface area contributed by atoms with Crippen LogP contribution in [-0.4, -0.2) is 62.0 Å². The van der Waals surface area contributed by atoms with Crippen molar-refractivity contribution in [3.8, 4) is 0 Å². The van der Waals surface area contributed by atoms with Gasteiger partial charge in [0.05, 0.1) is 0 Å². The van der Waals surface area contributed by atoms with Crippen LogP contribution in [0.5, 0.6) is 0 Å². The lowest BCUT2D eigenvalue weighted by molar-refractivity contribution is -0.131. The van der Waals surface area contributed by atoms with Crippen molar-refractivity contribution in [1.82, 2.24) is 15.1 Å². The van der Waals surface area contributed by atoms with Crippen molar-refractivity contribution in [3.63, 3.8) is 0 Å². The zero-order chi connectivity index (χ0) is 14.1. The van der Waals surface area contributed by atoms with Gasteiger partial charge in [-0.05, 0) is 59.8 Å². The molecule has 0 aromatic heterocycles. The van der Waals surface area contributed by atoms with E-state index in [2.05, 4.69) is 31.2 Å². The van der Waals surface area contributed by atoms with E-state index in [9.17, 15) is 4.79 Å². The van der Waals surface area contributed by atoms with Gasteiger partial charge in [0.25, 0.3) is 0 Å². The van der Waals surface area contributed by atoms with Crippen molar-refractivity contribution in [1.29, 1.82) is 0 Å². The average molecular weight is 269 g/mol. The van der Waals surface area contributed by atoms with E-state index in [0.29, 0.717) is 18.4 Å². The first-order chi connectivity index (χ1) is 9.13. The molecule has 0 aromatic carbocycles. The molecule has 1 saturated heterocycles. The third kappa shape index (κ3) is 6.92. The summed E-state index contributed by atoms with van der Waals surface area (Å²) in [7, 11) is 4.15. The van der Waals surface area contributed by atoms with E-state index in [1.807, 2.05) is 4.90 Å². The lowest BCUT2D eigenvalue weighted by Crippen LogP contribution is -2.37. The molecule has 1 heterocycles. The fourth-order valence-electron chi connectivity index (χ4n) is 2.66. The number of rotatable bonds is 8. The van der Waals surface area contributed by atoms with Gasteiger partial charge in [0.15, 0.2) is 0 Å². The lowest BCUT2D eigenvalue weighted by Gasteiger charge is -2.25. The Morgan fingerprint density at radius 1 is 1.26 bits per heavy atom. The number of hydrogen-bond acceptors (Lipinski definition) is 3. The molecule has 0 saturated carbocycles. The number of hydrogen-bond donors (Lipinski definition) is 1. The van der Waals surface area contributed by atoms with Gasteiger partial charge in [0.2, 0.25) is 5.91 Å². The summed E-state index contributed by atoms with van der Waals surface area (Å²) in [5.74, 6) is 0.327. The van der Waals surface area contributed by atoms with E-state index < -0.39 is 0 Å². The van der Waals surface area contributed by atoms with Crippen LogP contribution in [0.15, 0.2) is 0 Å². The largest absolute Gasteiger partial charge is 0.343 e. The molecule has 0 bridgehead atoms. The van der Waals surface area contributed by atoms with Gasteiger partial charge in [-0.15, -0.1) is 0 Å². The zero-order valence-electron chi connectivity index (χ0n) is 13.0. The summed E-state index contributed by atoms with van der Waals surface area (Å²) in [6.45, 7) is 5.98. The average Bonchev–Trinajstić information content (AvgIpc) is 2.42. The van der Waals surface area contributed by atoms with E-state index in [1.54, 1.807) is 0 Å². The smallest absolute Gasteiger partial charge is 0.222 e. The molecule has 1 rings (SSSR count). The number of piperidine rings is 1. The molecule has 1 amide bonds. The zero-order valence-corrected chi connectivity index (χ0v) is 13.0. The molecule has 1 unspecified atom stereocenters. The highest BCUT2D eigenvalue weighted by Gasteiger charge is 2.16. The minimum absolute atomic E-state index is 0.327. The van der Waals surface area contributed by atoms with Gasteiger partial charge in [-0.25, -0.2) is 0 Å². The minimum atomic E-state index is 0.327. The molecule has 0 aromatic rings. The van der Waals surface area contributed by atoms with Crippen LogP contribution in [0.2, 0.25) is 0 Å². The summed E-state index contributed by atoms with van der Waals surface area (Å²) >= 11 is 0. The van der Waals surface area contributed by atoms with Crippen LogP contribution in [-0.2, 0) is 4.79 Å². The van der Waals surface area contributed by atoms with Crippen LogP contribution in [0.25, 0.3) is 0 Å². The van der Waals surface area contributed by atoms with Crippen molar-refractivity contribution in [2.75, 3.05) is 40.3 Å². The van der Waals surface area contributed by atoms with E-state index in [1.165, 1.54) is 19.3 Å². The number of carbonyl (C=O) groups is 1. The van der Waals surface area contributed by atoms with Crippen molar-refractivity contribution >= 4 is 5.91 Å². The Balaban J connectivity index is 2.20. The van der Waals surface area contributed by atoms with E-state index in [-0.39, 0.29) is 0 Å². The van der Waals surface area contributed by atoms with Crippen LogP contribution in [0.1, 0.15) is 45.4 Å². The van der Waals surface area contributed by atoms with Crippen molar-refractivity contribution < 1.29 is 4.79 Å². The van der Waals surface area contributed by atoms with Gasteiger partial charge in [-0.1, -0.05) is 6.42 Å². The number of nitrogens with zero attached hydrogens (tertiary/aromatic N) is 2. The molecule has 1 aliphatic heterocycles. The third-order valence-electron chi connectivity index (χ3n) is 3.89. The maximum absolute atomic E-state index is 12.2. The predicted molar refractivity (Wildman–Crippen MR) is 80.3 cm³/mol. The highest BCUT2D eigenvalue weighted by atomic mass is 16.2. The summed E-state index contributed by atoms with van der Waals surface area (Å²) in [5.41, 5.74) is 0. The summed E-state index contributed by atoms with van der Waals surface area (Å²) < 4.78 is 0. The summed E-state index contributed by atoms with van der Waals surface area (Å²) in [6, 6.07) is 0.568. The predicted octanol–water partition coefficient (Wildman–Crippen LogP) is 1.71. The monoisotopic (exact) mass is 269 g/mol. The molecule has 0 spiro atoms. The third-order valence-corrected chi connectivity index (χ3v) is 3.89. The summed E-state index contributed by atoms with van der Waals surface area (Å²) in [6.07, 6.45) is 6.60. The van der Waals surface area contributed by atoms with Crippen LogP contribution in [0, 0.1) is 0 Å². The summed E-state index contributed by atoms with van der Waals surface area (Å²) in [5, 5.41) is 3.51. The SMILES string of the molecule is CCN(CCCN(C)C)C(=O)CCC1CCCCN1. The van der Waals surface area contributed by atoms with Gasteiger partial charge in [-0.2, -0.15) is 0 Å². The maximum atomic E-state index is 12.2. The molecule has 4 nitrogen and oxygen atoms in total. The topological polar surface area (TPSA) is 35.6 Å². The first-order valence-electron chi connectivity index (χ1n) is 7.79. The molecule has 4 heteroatoms. The van der Waals surface area contributed by atoms with E-state index in [4.69, 9.17) is 0 Å². The second-order valence-corrected chi connectivity index (χ2v) is 5.82. The van der Waals surface area contributed by atoms with Crippen LogP contribution >= 0.6 is 0 Å². The van der Waals surface area contributed by atoms with E-state index in [0.717, 1.165) is 39.0 Å². The Bertz CT molecular complexity index is 250. The molecular formula is C15H31N3O.